The predicted molar refractivity (Wildman–Crippen MR) is 131 cm³/mol. The summed E-state index contributed by atoms with van der Waals surface area (Å²) in [6.45, 7) is 0.631. The van der Waals surface area contributed by atoms with Crippen LogP contribution < -0.4 is 0 Å². The van der Waals surface area contributed by atoms with E-state index in [9.17, 15) is 9.18 Å². The van der Waals surface area contributed by atoms with Crippen molar-refractivity contribution in [3.05, 3.63) is 64.7 Å². The van der Waals surface area contributed by atoms with Gasteiger partial charge in [-0.1, -0.05) is 11.6 Å². The van der Waals surface area contributed by atoms with Gasteiger partial charge in [0.1, 0.15) is 11.7 Å². The van der Waals surface area contributed by atoms with E-state index in [0.29, 0.717) is 44.7 Å². The van der Waals surface area contributed by atoms with E-state index in [0.717, 1.165) is 19.3 Å². The van der Waals surface area contributed by atoms with E-state index in [1.165, 1.54) is 12.1 Å². The van der Waals surface area contributed by atoms with Crippen molar-refractivity contribution in [2.24, 2.45) is 4.99 Å². The van der Waals surface area contributed by atoms with Crippen LogP contribution in [0.5, 0.6) is 0 Å². The minimum absolute atomic E-state index is 0.131. The number of rotatable bonds is 5. The molecule has 0 aliphatic carbocycles. The van der Waals surface area contributed by atoms with Crippen molar-refractivity contribution >= 4 is 51.2 Å². The van der Waals surface area contributed by atoms with E-state index in [2.05, 4.69) is 15.1 Å². The number of ketones is 1. The smallest absolute Gasteiger partial charge is 0.196 e. The van der Waals surface area contributed by atoms with Gasteiger partial charge in [0.15, 0.2) is 11.6 Å². The van der Waals surface area contributed by atoms with Gasteiger partial charge >= 0.3 is 0 Å². The number of benzene rings is 2. The van der Waals surface area contributed by atoms with Gasteiger partial charge in [-0.05, 0) is 49.6 Å². The fourth-order valence-electron chi connectivity index (χ4n) is 4.19. The first-order valence-corrected chi connectivity index (χ1v) is 11.4. The molecule has 1 atom stereocenters. The molecule has 0 spiro atoms. The number of ether oxygens (including phenoxy) is 1. The van der Waals surface area contributed by atoms with Crippen LogP contribution in [0.4, 0.5) is 10.1 Å². The molecule has 174 valence electrons. The lowest BCUT2D eigenvalue weighted by atomic mass is 9.97. The maximum atomic E-state index is 14.7. The first-order valence-electron chi connectivity index (χ1n) is 11.1. The third-order valence-corrected chi connectivity index (χ3v) is 6.11. The summed E-state index contributed by atoms with van der Waals surface area (Å²) >= 11 is 6.51. The van der Waals surface area contributed by atoms with Crippen LogP contribution in [-0.2, 0) is 4.74 Å². The Bertz CT molecular complexity index is 1430. The average molecular weight is 480 g/mol. The van der Waals surface area contributed by atoms with Crippen molar-refractivity contribution in [3.63, 3.8) is 0 Å². The molecule has 9 heteroatoms. The zero-order valence-electron chi connectivity index (χ0n) is 18.8. The monoisotopic (exact) mass is 479 g/mol. The zero-order valence-corrected chi connectivity index (χ0v) is 19.6. The summed E-state index contributed by atoms with van der Waals surface area (Å²) in [5.41, 5.74) is 1.76. The van der Waals surface area contributed by atoms with Gasteiger partial charge in [-0.3, -0.25) is 9.78 Å². The second-order valence-corrected chi connectivity index (χ2v) is 8.89. The van der Waals surface area contributed by atoms with E-state index in [-0.39, 0.29) is 17.5 Å². The fraction of sp³-hybridized carbons (Fsp3) is 0.280. The van der Waals surface area contributed by atoms with Crippen LogP contribution in [0.1, 0.15) is 41.4 Å². The lowest BCUT2D eigenvalue weighted by Crippen LogP contribution is -2.18. The van der Waals surface area contributed by atoms with Crippen LogP contribution in [0.25, 0.3) is 21.8 Å². The molecule has 1 fully saturated rings. The summed E-state index contributed by atoms with van der Waals surface area (Å²) in [7, 11) is 3.68. The Morgan fingerprint density at radius 2 is 2.09 bits per heavy atom. The van der Waals surface area contributed by atoms with Crippen LogP contribution in [0, 0.1) is 5.82 Å². The largest absolute Gasteiger partial charge is 0.369 e. The molecule has 5 rings (SSSR count). The molecule has 4 aromatic rings. The number of fused-ring (bicyclic) bond motifs is 2. The average Bonchev–Trinajstić information content (AvgIpc) is 3.30. The topological polar surface area (TPSA) is 72.6 Å². The Hall–Kier alpha value is -3.36. The minimum Gasteiger partial charge on any atom is -0.369 e. The van der Waals surface area contributed by atoms with Crippen molar-refractivity contribution in [1.82, 2.24) is 19.7 Å². The first kappa shape index (κ1) is 22.4. The maximum Gasteiger partial charge on any atom is 0.196 e. The molecule has 2 aromatic carbocycles. The summed E-state index contributed by atoms with van der Waals surface area (Å²) in [6, 6.07) is 7.92. The molecular formula is C25H23ClFN5O2. The zero-order chi connectivity index (χ0) is 23.8. The molecule has 1 saturated heterocycles. The number of hydrogen-bond donors (Lipinski definition) is 0. The van der Waals surface area contributed by atoms with Crippen molar-refractivity contribution in [3.8, 4) is 0 Å². The first-order chi connectivity index (χ1) is 16.4. The van der Waals surface area contributed by atoms with E-state index < -0.39 is 5.82 Å². The fourth-order valence-corrected chi connectivity index (χ4v) is 4.45. The summed E-state index contributed by atoms with van der Waals surface area (Å²) < 4.78 is 22.1. The lowest BCUT2D eigenvalue weighted by molar-refractivity contribution is -0.0391. The van der Waals surface area contributed by atoms with Crippen LogP contribution in [-0.4, -0.2) is 52.5 Å². The van der Waals surface area contributed by atoms with Crippen LogP contribution >= 0.6 is 11.6 Å². The lowest BCUT2D eigenvalue weighted by Gasteiger charge is -2.22. The van der Waals surface area contributed by atoms with Gasteiger partial charge in [-0.2, -0.15) is 5.10 Å². The number of carbonyl (C=O) groups excluding carboxylic acids is 1. The van der Waals surface area contributed by atoms with Gasteiger partial charge in [0.2, 0.25) is 0 Å². The van der Waals surface area contributed by atoms with Crippen LogP contribution in [0.3, 0.4) is 0 Å². The number of aliphatic imine (C=N–C) groups is 1. The molecule has 0 radical (unpaired) electrons. The van der Waals surface area contributed by atoms with Gasteiger partial charge in [0, 0.05) is 49.4 Å². The van der Waals surface area contributed by atoms with Gasteiger partial charge in [0.05, 0.1) is 28.1 Å². The Kier molecular flexibility index (Phi) is 6.02. The summed E-state index contributed by atoms with van der Waals surface area (Å²) in [5.74, 6) is -0.819. The standard InChI is InChI=1S/C25H23ClFN5O2/c1-31(2)14-29-22-16-6-5-10-28-23(16)19(26)12-17(22)25(33)15-8-9-20(27)24-18(15)13-32(30-24)21-7-3-4-11-34-21/h5-6,8-10,12-14,21H,3-4,7,11H2,1-2H3. The predicted octanol–water partition coefficient (Wildman–Crippen LogP) is 5.53. The SMILES string of the molecule is CN(C)C=Nc1c(C(=O)c2ccc(F)c3nn(C4CCCCO4)cc23)cc(Cl)c2ncccc12. The highest BCUT2D eigenvalue weighted by atomic mass is 35.5. The second-order valence-electron chi connectivity index (χ2n) is 8.48. The molecule has 7 nitrogen and oxygen atoms in total. The van der Waals surface area contributed by atoms with E-state index in [1.54, 1.807) is 40.4 Å². The molecule has 0 N–H and O–H groups in total. The van der Waals surface area contributed by atoms with Crippen molar-refractivity contribution in [2.45, 2.75) is 25.5 Å². The van der Waals surface area contributed by atoms with Gasteiger partial charge in [0.25, 0.3) is 0 Å². The van der Waals surface area contributed by atoms with Crippen molar-refractivity contribution in [1.29, 1.82) is 0 Å². The Balaban J connectivity index is 1.68. The second kappa shape index (κ2) is 9.12. The Labute approximate surface area is 200 Å². The maximum absolute atomic E-state index is 14.7. The molecule has 0 saturated carbocycles. The number of nitrogens with zero attached hydrogens (tertiary/aromatic N) is 5. The third-order valence-electron chi connectivity index (χ3n) is 5.82. The molecule has 1 aliphatic rings. The molecule has 34 heavy (non-hydrogen) atoms. The number of aromatic nitrogens is 3. The van der Waals surface area contributed by atoms with Gasteiger partial charge in [-0.15, -0.1) is 0 Å². The number of halogens is 2. The van der Waals surface area contributed by atoms with E-state index >= 15 is 0 Å². The summed E-state index contributed by atoms with van der Waals surface area (Å²) in [4.78, 5) is 24.5. The third kappa shape index (κ3) is 4.03. The Morgan fingerprint density at radius 3 is 2.85 bits per heavy atom. The highest BCUT2D eigenvalue weighted by molar-refractivity contribution is 6.37. The number of carbonyl (C=O) groups is 1. The van der Waals surface area contributed by atoms with Crippen LogP contribution in [0.2, 0.25) is 5.02 Å². The number of hydrogen-bond acceptors (Lipinski definition) is 5. The molecular weight excluding hydrogens is 457 g/mol. The van der Waals surface area contributed by atoms with Crippen molar-refractivity contribution in [2.75, 3.05) is 20.7 Å². The molecule has 3 heterocycles. The van der Waals surface area contributed by atoms with Crippen molar-refractivity contribution < 1.29 is 13.9 Å². The highest BCUT2D eigenvalue weighted by Gasteiger charge is 2.24. The molecule has 1 aliphatic heterocycles. The quantitative estimate of drug-likeness (QED) is 0.214. The summed E-state index contributed by atoms with van der Waals surface area (Å²) in [5, 5.41) is 5.83. The van der Waals surface area contributed by atoms with E-state index in [4.69, 9.17) is 16.3 Å². The highest BCUT2D eigenvalue weighted by Crippen LogP contribution is 2.37. The normalized spacial score (nSPS) is 16.5. The van der Waals surface area contributed by atoms with Crippen LogP contribution in [0.15, 0.2) is 47.7 Å². The molecule has 0 amide bonds. The number of pyridine rings is 1. The van der Waals surface area contributed by atoms with E-state index in [1.807, 2.05) is 20.2 Å². The van der Waals surface area contributed by atoms with Gasteiger partial charge < -0.3 is 9.64 Å². The molecule has 1 unspecified atom stereocenters. The molecule has 2 aromatic heterocycles. The summed E-state index contributed by atoms with van der Waals surface area (Å²) in [6.07, 6.45) is 7.45. The Morgan fingerprint density at radius 1 is 1.24 bits per heavy atom. The molecule has 0 bridgehead atoms. The minimum atomic E-state index is -0.493. The van der Waals surface area contributed by atoms with Gasteiger partial charge in [-0.25, -0.2) is 14.1 Å².